The first kappa shape index (κ1) is 17.1. The molecule has 0 radical (unpaired) electrons. The first-order chi connectivity index (χ1) is 11.8. The molecule has 1 amide bonds. The lowest BCUT2D eigenvalue weighted by Gasteiger charge is -2.27. The van der Waals surface area contributed by atoms with E-state index >= 15 is 0 Å². The van der Waals surface area contributed by atoms with Gasteiger partial charge in [-0.05, 0) is 12.8 Å². The fraction of sp³-hybridized carbons (Fsp3) is 0.688. The van der Waals surface area contributed by atoms with Gasteiger partial charge >= 0.3 is 0 Å². The summed E-state index contributed by atoms with van der Waals surface area (Å²) in [6.45, 7) is 4.72. The highest BCUT2D eigenvalue weighted by atomic mass is 16.5. The molecule has 8 nitrogen and oxygen atoms in total. The van der Waals surface area contributed by atoms with E-state index in [1.807, 2.05) is 6.07 Å². The summed E-state index contributed by atoms with van der Waals surface area (Å²) in [4.78, 5) is 22.5. The van der Waals surface area contributed by atoms with Crippen LogP contribution in [0.3, 0.4) is 0 Å². The molecule has 0 aromatic carbocycles. The summed E-state index contributed by atoms with van der Waals surface area (Å²) in [6, 6.07) is 1.90. The monoisotopic (exact) mass is 336 g/mol. The van der Waals surface area contributed by atoms with Gasteiger partial charge in [0.25, 0.3) is 0 Å². The molecule has 132 valence electrons. The number of hydrogen-bond acceptors (Lipinski definition) is 7. The molecule has 3 rings (SSSR count). The molecule has 3 heterocycles. The highest BCUT2D eigenvalue weighted by molar-refractivity contribution is 5.77. The minimum absolute atomic E-state index is 0.0429. The number of hydrogen-bond donors (Lipinski definition) is 1. The number of nitrogens with one attached hydrogen (secondary N) is 1. The van der Waals surface area contributed by atoms with Gasteiger partial charge in [0.2, 0.25) is 5.91 Å². The quantitative estimate of drug-likeness (QED) is 0.757. The molecule has 2 fully saturated rings. The Balaban J connectivity index is 1.39. The van der Waals surface area contributed by atoms with Gasteiger partial charge in [0.05, 0.1) is 38.2 Å². The first-order valence-electron chi connectivity index (χ1n) is 8.41. The van der Waals surface area contributed by atoms with Crippen LogP contribution in [0.15, 0.2) is 12.4 Å². The van der Waals surface area contributed by atoms with E-state index in [9.17, 15) is 4.79 Å². The summed E-state index contributed by atoms with van der Waals surface area (Å²) in [7, 11) is 0. The van der Waals surface area contributed by atoms with E-state index in [1.165, 1.54) is 6.33 Å². The Hall–Kier alpha value is -1.77. The van der Waals surface area contributed by atoms with Gasteiger partial charge in [0.1, 0.15) is 18.8 Å². The summed E-state index contributed by atoms with van der Waals surface area (Å²) in [5.41, 5.74) is 0.777. The third kappa shape index (κ3) is 5.12. The van der Waals surface area contributed by atoms with Crippen LogP contribution in [0, 0.1) is 0 Å². The first-order valence-corrected chi connectivity index (χ1v) is 8.41. The van der Waals surface area contributed by atoms with E-state index < -0.39 is 0 Å². The topological polar surface area (TPSA) is 85.8 Å². The van der Waals surface area contributed by atoms with Gasteiger partial charge in [-0.25, -0.2) is 9.97 Å². The van der Waals surface area contributed by atoms with Gasteiger partial charge in [-0.15, -0.1) is 0 Å². The second kappa shape index (κ2) is 8.91. The summed E-state index contributed by atoms with van der Waals surface area (Å²) >= 11 is 0. The van der Waals surface area contributed by atoms with Crippen LogP contribution in [0.4, 0.5) is 5.82 Å². The van der Waals surface area contributed by atoms with Crippen LogP contribution in [-0.2, 0) is 25.5 Å². The van der Waals surface area contributed by atoms with Gasteiger partial charge in [-0.1, -0.05) is 0 Å². The van der Waals surface area contributed by atoms with Crippen LogP contribution in [-0.4, -0.2) is 68.1 Å². The number of carbonyl (C=O) groups is 1. The number of nitrogens with zero attached hydrogens (tertiary/aromatic N) is 3. The number of rotatable bonds is 7. The normalized spacial score (nSPS) is 21.0. The Morgan fingerprint density at radius 3 is 3.00 bits per heavy atom. The molecule has 1 unspecified atom stereocenters. The second-order valence-corrected chi connectivity index (χ2v) is 5.89. The van der Waals surface area contributed by atoms with Crippen molar-refractivity contribution in [2.45, 2.75) is 25.5 Å². The Morgan fingerprint density at radius 2 is 2.21 bits per heavy atom. The standard InChI is InChI=1S/C16H24N4O4/c21-16(11-23-10-14-2-1-5-24-14)17-9-13-8-15(19-12-18-13)20-3-6-22-7-4-20/h8,12,14H,1-7,9-11H2,(H,17,21). The highest BCUT2D eigenvalue weighted by Crippen LogP contribution is 2.13. The molecule has 2 saturated heterocycles. The Morgan fingerprint density at radius 1 is 1.33 bits per heavy atom. The minimum Gasteiger partial charge on any atom is -0.378 e. The number of morpholine rings is 1. The van der Waals surface area contributed by atoms with Crippen LogP contribution in [0.5, 0.6) is 0 Å². The van der Waals surface area contributed by atoms with Crippen LogP contribution >= 0.6 is 0 Å². The SMILES string of the molecule is O=C(COCC1CCCO1)NCc1cc(N2CCOCC2)ncn1. The third-order valence-electron chi connectivity index (χ3n) is 4.07. The fourth-order valence-corrected chi connectivity index (χ4v) is 2.75. The van der Waals surface area contributed by atoms with Gasteiger partial charge in [-0.3, -0.25) is 4.79 Å². The molecule has 1 N–H and O–H groups in total. The molecule has 0 bridgehead atoms. The number of ether oxygens (including phenoxy) is 3. The van der Waals surface area contributed by atoms with Crippen LogP contribution in [0.1, 0.15) is 18.5 Å². The summed E-state index contributed by atoms with van der Waals surface area (Å²) in [6.07, 6.45) is 3.74. The van der Waals surface area contributed by atoms with Gasteiger partial charge in [-0.2, -0.15) is 0 Å². The summed E-state index contributed by atoms with van der Waals surface area (Å²) < 4.78 is 16.2. The molecule has 1 atom stereocenters. The molecule has 0 aliphatic carbocycles. The maximum atomic E-state index is 11.8. The Bertz CT molecular complexity index is 531. The van der Waals surface area contributed by atoms with Crippen molar-refractivity contribution >= 4 is 11.7 Å². The molecule has 1 aromatic rings. The number of amides is 1. The Labute approximate surface area is 141 Å². The molecule has 0 spiro atoms. The average molecular weight is 336 g/mol. The molecular weight excluding hydrogens is 312 g/mol. The zero-order valence-corrected chi connectivity index (χ0v) is 13.8. The van der Waals surface area contributed by atoms with Crippen molar-refractivity contribution in [2.24, 2.45) is 0 Å². The summed E-state index contributed by atoms with van der Waals surface area (Å²) in [5, 5.41) is 2.82. The van der Waals surface area contributed by atoms with Crippen molar-refractivity contribution in [1.29, 1.82) is 0 Å². The lowest BCUT2D eigenvalue weighted by molar-refractivity contribution is -0.127. The minimum atomic E-state index is -0.153. The van der Waals surface area contributed by atoms with E-state index in [0.29, 0.717) is 26.4 Å². The van der Waals surface area contributed by atoms with Crippen molar-refractivity contribution in [3.63, 3.8) is 0 Å². The lowest BCUT2D eigenvalue weighted by Crippen LogP contribution is -2.37. The van der Waals surface area contributed by atoms with Crippen molar-refractivity contribution in [3.8, 4) is 0 Å². The number of anilines is 1. The molecule has 2 aliphatic rings. The van der Waals surface area contributed by atoms with E-state index in [1.54, 1.807) is 0 Å². The van der Waals surface area contributed by atoms with Crippen LogP contribution < -0.4 is 10.2 Å². The smallest absolute Gasteiger partial charge is 0.246 e. The van der Waals surface area contributed by atoms with E-state index in [4.69, 9.17) is 14.2 Å². The largest absolute Gasteiger partial charge is 0.378 e. The predicted octanol–water partition coefficient (Wildman–Crippen LogP) is 0.125. The molecular formula is C16H24N4O4. The lowest BCUT2D eigenvalue weighted by atomic mass is 10.2. The van der Waals surface area contributed by atoms with Gasteiger partial charge in [0.15, 0.2) is 0 Å². The van der Waals surface area contributed by atoms with Crippen molar-refractivity contribution < 1.29 is 19.0 Å². The molecule has 24 heavy (non-hydrogen) atoms. The molecule has 1 aromatic heterocycles. The predicted molar refractivity (Wildman–Crippen MR) is 86.7 cm³/mol. The van der Waals surface area contributed by atoms with Crippen molar-refractivity contribution in [1.82, 2.24) is 15.3 Å². The van der Waals surface area contributed by atoms with Gasteiger partial charge in [0, 0.05) is 25.8 Å². The summed E-state index contributed by atoms with van der Waals surface area (Å²) in [5.74, 6) is 0.715. The van der Waals surface area contributed by atoms with E-state index in [0.717, 1.165) is 44.0 Å². The average Bonchev–Trinajstić information content (AvgIpc) is 3.14. The van der Waals surface area contributed by atoms with Crippen LogP contribution in [0.2, 0.25) is 0 Å². The van der Waals surface area contributed by atoms with Crippen molar-refractivity contribution in [3.05, 3.63) is 18.1 Å². The zero-order valence-electron chi connectivity index (χ0n) is 13.8. The van der Waals surface area contributed by atoms with Gasteiger partial charge < -0.3 is 24.4 Å². The number of aromatic nitrogens is 2. The zero-order chi connectivity index (χ0) is 16.6. The van der Waals surface area contributed by atoms with Crippen LogP contribution in [0.25, 0.3) is 0 Å². The second-order valence-electron chi connectivity index (χ2n) is 5.89. The van der Waals surface area contributed by atoms with E-state index in [2.05, 4.69) is 20.2 Å². The van der Waals surface area contributed by atoms with E-state index in [-0.39, 0.29) is 18.6 Å². The fourth-order valence-electron chi connectivity index (χ4n) is 2.75. The maximum Gasteiger partial charge on any atom is 0.246 e. The molecule has 8 heteroatoms. The maximum absolute atomic E-state index is 11.8. The molecule has 2 aliphatic heterocycles. The van der Waals surface area contributed by atoms with Crippen molar-refractivity contribution in [2.75, 3.05) is 51.0 Å². The highest BCUT2D eigenvalue weighted by Gasteiger charge is 2.16. The third-order valence-corrected chi connectivity index (χ3v) is 4.07. The molecule has 0 saturated carbocycles. The number of carbonyl (C=O) groups excluding carboxylic acids is 1. The Kier molecular flexibility index (Phi) is 6.33.